The molecular formula is C21H24N2O2. The summed E-state index contributed by atoms with van der Waals surface area (Å²) < 4.78 is 5.87. The van der Waals surface area contributed by atoms with E-state index in [0.29, 0.717) is 29.3 Å². The fraction of sp³-hybridized carbons (Fsp3) is 0.333. The number of hydrogen-bond acceptors (Lipinski definition) is 3. The van der Waals surface area contributed by atoms with E-state index < -0.39 is 0 Å². The molecule has 0 saturated heterocycles. The second-order valence-corrected chi connectivity index (χ2v) is 6.89. The number of benzene rings is 2. The molecule has 0 atom stereocenters. The molecule has 0 aliphatic carbocycles. The number of hydrogen-bond donors (Lipinski definition) is 1. The Hall–Kier alpha value is -2.62. The maximum atomic E-state index is 12.3. The van der Waals surface area contributed by atoms with Crippen molar-refractivity contribution >= 4 is 10.9 Å². The van der Waals surface area contributed by atoms with Gasteiger partial charge in [0.05, 0.1) is 17.5 Å². The summed E-state index contributed by atoms with van der Waals surface area (Å²) in [6.45, 7) is 9.12. The van der Waals surface area contributed by atoms with Gasteiger partial charge < -0.3 is 9.72 Å². The minimum absolute atomic E-state index is 0.114. The van der Waals surface area contributed by atoms with E-state index in [1.165, 1.54) is 0 Å². The Morgan fingerprint density at radius 1 is 1.12 bits per heavy atom. The maximum Gasteiger partial charge on any atom is 0.259 e. The van der Waals surface area contributed by atoms with Gasteiger partial charge in [-0.05, 0) is 61.6 Å². The number of nitrogens with one attached hydrogen (secondary N) is 1. The van der Waals surface area contributed by atoms with Crippen molar-refractivity contribution in [2.45, 2.75) is 34.1 Å². The minimum Gasteiger partial charge on any atom is -0.494 e. The van der Waals surface area contributed by atoms with Gasteiger partial charge in [0, 0.05) is 5.56 Å². The van der Waals surface area contributed by atoms with Gasteiger partial charge in [0.2, 0.25) is 0 Å². The topological polar surface area (TPSA) is 55.0 Å². The molecular weight excluding hydrogens is 312 g/mol. The smallest absolute Gasteiger partial charge is 0.259 e. The predicted molar refractivity (Wildman–Crippen MR) is 102 cm³/mol. The van der Waals surface area contributed by atoms with E-state index in [1.807, 2.05) is 44.2 Å². The number of fused-ring (bicyclic) bond motifs is 1. The first-order valence-corrected chi connectivity index (χ1v) is 8.69. The average Bonchev–Trinajstić information content (AvgIpc) is 2.54. The largest absolute Gasteiger partial charge is 0.494 e. The Balaban J connectivity index is 1.99. The van der Waals surface area contributed by atoms with Crippen molar-refractivity contribution in [3.63, 3.8) is 0 Å². The Bertz CT molecular complexity index is 935. The van der Waals surface area contributed by atoms with Gasteiger partial charge in [0.15, 0.2) is 0 Å². The lowest BCUT2D eigenvalue weighted by Crippen LogP contribution is -2.10. The Labute approximate surface area is 147 Å². The van der Waals surface area contributed by atoms with Crippen LogP contribution in [-0.4, -0.2) is 16.6 Å². The molecule has 3 aromatic rings. The molecule has 1 aromatic heterocycles. The first-order valence-electron chi connectivity index (χ1n) is 8.69. The molecule has 0 aliphatic heterocycles. The number of aromatic amines is 1. The summed E-state index contributed by atoms with van der Waals surface area (Å²) in [5.41, 5.74) is 3.63. The van der Waals surface area contributed by atoms with Crippen LogP contribution in [0.3, 0.4) is 0 Å². The summed E-state index contributed by atoms with van der Waals surface area (Å²) in [7, 11) is 0. The number of para-hydroxylation sites is 1. The van der Waals surface area contributed by atoms with Crippen LogP contribution >= 0.6 is 0 Å². The highest BCUT2D eigenvalue weighted by Gasteiger charge is 2.12. The lowest BCUT2D eigenvalue weighted by Gasteiger charge is -2.14. The number of aryl methyl sites for hydroxylation is 2. The normalized spacial score (nSPS) is 11.2. The monoisotopic (exact) mass is 336 g/mol. The van der Waals surface area contributed by atoms with E-state index in [1.54, 1.807) is 6.07 Å². The second kappa shape index (κ2) is 7.09. The van der Waals surface area contributed by atoms with E-state index in [4.69, 9.17) is 4.74 Å². The molecule has 130 valence electrons. The van der Waals surface area contributed by atoms with Gasteiger partial charge in [-0.2, -0.15) is 0 Å². The molecule has 0 unspecified atom stereocenters. The molecule has 4 heteroatoms. The highest BCUT2D eigenvalue weighted by Crippen LogP contribution is 2.29. The van der Waals surface area contributed by atoms with Gasteiger partial charge in [-0.25, -0.2) is 4.98 Å². The van der Waals surface area contributed by atoms with E-state index in [0.717, 1.165) is 28.9 Å². The molecule has 1 N–H and O–H groups in total. The molecule has 3 rings (SSSR count). The average molecular weight is 336 g/mol. The number of nitrogens with zero attached hydrogens (tertiary/aromatic N) is 1. The molecule has 4 nitrogen and oxygen atoms in total. The Morgan fingerprint density at radius 3 is 2.48 bits per heavy atom. The zero-order valence-corrected chi connectivity index (χ0v) is 15.2. The van der Waals surface area contributed by atoms with Gasteiger partial charge in [0.1, 0.15) is 11.6 Å². The van der Waals surface area contributed by atoms with Crippen molar-refractivity contribution in [1.82, 2.24) is 9.97 Å². The van der Waals surface area contributed by atoms with Crippen molar-refractivity contribution in [3.05, 3.63) is 57.9 Å². The summed E-state index contributed by atoms with van der Waals surface area (Å²) >= 11 is 0. The Kier molecular flexibility index (Phi) is 4.88. The highest BCUT2D eigenvalue weighted by molar-refractivity contribution is 5.80. The van der Waals surface area contributed by atoms with E-state index in [9.17, 15) is 4.79 Å². The van der Waals surface area contributed by atoms with Crippen LogP contribution in [-0.2, 0) is 0 Å². The van der Waals surface area contributed by atoms with Crippen molar-refractivity contribution in [2.75, 3.05) is 6.61 Å². The van der Waals surface area contributed by atoms with Crippen molar-refractivity contribution < 1.29 is 4.74 Å². The summed E-state index contributed by atoms with van der Waals surface area (Å²) in [4.78, 5) is 19.9. The molecule has 0 saturated carbocycles. The van der Waals surface area contributed by atoms with Crippen molar-refractivity contribution in [2.24, 2.45) is 5.92 Å². The standard InChI is InChI=1S/C21H24N2O2/c1-13(2)9-10-25-16-11-14(3)19(15(4)12-16)20-22-18-8-6-5-7-17(18)21(24)23-20/h5-8,11-13H,9-10H2,1-4H3,(H,22,23,24). The molecule has 2 aromatic carbocycles. The fourth-order valence-electron chi connectivity index (χ4n) is 3.00. The first-order chi connectivity index (χ1) is 12.0. The second-order valence-electron chi connectivity index (χ2n) is 6.89. The highest BCUT2D eigenvalue weighted by atomic mass is 16.5. The number of rotatable bonds is 5. The van der Waals surface area contributed by atoms with Crippen LogP contribution in [0.2, 0.25) is 0 Å². The summed E-state index contributed by atoms with van der Waals surface area (Å²) in [6.07, 6.45) is 1.03. The van der Waals surface area contributed by atoms with Crippen LogP contribution in [0.25, 0.3) is 22.3 Å². The van der Waals surface area contributed by atoms with Gasteiger partial charge in [-0.15, -0.1) is 0 Å². The molecule has 0 amide bonds. The first kappa shape index (κ1) is 17.2. The molecule has 0 aliphatic rings. The predicted octanol–water partition coefficient (Wildman–Crippen LogP) is 4.63. The van der Waals surface area contributed by atoms with Gasteiger partial charge >= 0.3 is 0 Å². The van der Waals surface area contributed by atoms with Gasteiger partial charge in [0.25, 0.3) is 5.56 Å². The minimum atomic E-state index is -0.114. The lowest BCUT2D eigenvalue weighted by atomic mass is 10.0. The molecule has 0 spiro atoms. The summed E-state index contributed by atoms with van der Waals surface area (Å²) in [5.74, 6) is 2.09. The van der Waals surface area contributed by atoms with Crippen LogP contribution in [0, 0.1) is 19.8 Å². The third-order valence-electron chi connectivity index (χ3n) is 4.32. The van der Waals surface area contributed by atoms with Crippen molar-refractivity contribution in [1.29, 1.82) is 0 Å². The Morgan fingerprint density at radius 2 is 1.80 bits per heavy atom. The van der Waals surface area contributed by atoms with Crippen molar-refractivity contribution in [3.8, 4) is 17.1 Å². The lowest BCUT2D eigenvalue weighted by molar-refractivity contribution is 0.289. The number of aromatic nitrogens is 2. The quantitative estimate of drug-likeness (QED) is 0.739. The molecule has 0 radical (unpaired) electrons. The van der Waals surface area contributed by atoms with Crippen LogP contribution in [0.1, 0.15) is 31.4 Å². The van der Waals surface area contributed by atoms with Crippen LogP contribution in [0.15, 0.2) is 41.2 Å². The molecule has 25 heavy (non-hydrogen) atoms. The van der Waals surface area contributed by atoms with Gasteiger partial charge in [-0.3, -0.25) is 4.79 Å². The SMILES string of the molecule is Cc1cc(OCCC(C)C)cc(C)c1-c1nc2ccccc2c(=O)[nH]1. The number of H-pyrrole nitrogens is 1. The third-order valence-corrected chi connectivity index (χ3v) is 4.32. The van der Waals surface area contributed by atoms with Crippen LogP contribution in [0.4, 0.5) is 0 Å². The third kappa shape index (κ3) is 3.73. The summed E-state index contributed by atoms with van der Waals surface area (Å²) in [5, 5.41) is 0.607. The maximum absolute atomic E-state index is 12.3. The van der Waals surface area contributed by atoms with E-state index in [-0.39, 0.29) is 5.56 Å². The molecule has 0 fully saturated rings. The summed E-state index contributed by atoms with van der Waals surface area (Å²) in [6, 6.07) is 11.4. The van der Waals surface area contributed by atoms with Crippen LogP contribution in [0.5, 0.6) is 5.75 Å². The zero-order chi connectivity index (χ0) is 18.0. The molecule has 0 bridgehead atoms. The zero-order valence-electron chi connectivity index (χ0n) is 15.2. The van der Waals surface area contributed by atoms with Crippen LogP contribution < -0.4 is 10.3 Å². The van der Waals surface area contributed by atoms with E-state index >= 15 is 0 Å². The number of ether oxygens (including phenoxy) is 1. The fourth-order valence-corrected chi connectivity index (χ4v) is 3.00. The molecule has 1 heterocycles. The van der Waals surface area contributed by atoms with E-state index in [2.05, 4.69) is 23.8 Å². The van der Waals surface area contributed by atoms with Gasteiger partial charge in [-0.1, -0.05) is 26.0 Å².